The number of hydrogen-bond acceptors (Lipinski definition) is 5. The van der Waals surface area contributed by atoms with Crippen LogP contribution in [0, 0.1) is 10.1 Å². The molecule has 0 spiro atoms. The number of hydrogen-bond donors (Lipinski definition) is 1. The first-order valence-corrected chi connectivity index (χ1v) is 7.32. The monoisotopic (exact) mass is 331 g/mol. The zero-order valence-corrected chi connectivity index (χ0v) is 12.9. The van der Waals surface area contributed by atoms with Gasteiger partial charge in [-0.25, -0.2) is 4.79 Å². The van der Waals surface area contributed by atoms with Crippen LogP contribution < -0.4 is 4.74 Å². The quantitative estimate of drug-likeness (QED) is 0.374. The van der Waals surface area contributed by atoms with Crippen LogP contribution in [0.1, 0.15) is 5.56 Å². The fourth-order valence-corrected chi connectivity index (χ4v) is 2.56. The number of carbonyl (C=O) groups is 1. The first-order chi connectivity index (χ1) is 11.0. The summed E-state index contributed by atoms with van der Waals surface area (Å²) >= 11 is 1.03. The predicted molar refractivity (Wildman–Crippen MR) is 87.6 cm³/mol. The van der Waals surface area contributed by atoms with Crippen LogP contribution in [0.3, 0.4) is 0 Å². The Morgan fingerprint density at radius 3 is 2.26 bits per heavy atom. The number of nitrogens with zero attached hydrogens (tertiary/aromatic N) is 1. The molecular formula is C16H13NO5S. The Kier molecular flexibility index (Phi) is 5.37. The minimum absolute atomic E-state index is 0.0367. The molecule has 0 aliphatic carbocycles. The van der Waals surface area contributed by atoms with Crippen LogP contribution in [0.5, 0.6) is 5.75 Å². The Bertz CT molecular complexity index is 738. The summed E-state index contributed by atoms with van der Waals surface area (Å²) in [4.78, 5) is 22.2. The van der Waals surface area contributed by atoms with E-state index in [2.05, 4.69) is 0 Å². The van der Waals surface area contributed by atoms with Gasteiger partial charge in [0.1, 0.15) is 5.75 Å². The van der Waals surface area contributed by atoms with E-state index in [4.69, 9.17) is 4.74 Å². The van der Waals surface area contributed by atoms with E-state index in [1.165, 1.54) is 30.3 Å². The van der Waals surface area contributed by atoms with E-state index in [9.17, 15) is 20.0 Å². The number of nitro benzene ring substituents is 1. The second kappa shape index (κ2) is 7.46. The Labute approximate surface area is 136 Å². The lowest BCUT2D eigenvalue weighted by molar-refractivity contribution is -0.384. The highest BCUT2D eigenvalue weighted by Crippen LogP contribution is 2.30. The van der Waals surface area contributed by atoms with Gasteiger partial charge in [0.15, 0.2) is 0 Å². The molecule has 0 radical (unpaired) electrons. The van der Waals surface area contributed by atoms with Gasteiger partial charge in [0.25, 0.3) is 5.69 Å². The number of non-ortho nitro benzene ring substituents is 1. The van der Waals surface area contributed by atoms with Crippen molar-refractivity contribution in [3.8, 4) is 5.75 Å². The molecule has 0 bridgehead atoms. The van der Waals surface area contributed by atoms with Crippen LogP contribution in [0.4, 0.5) is 5.69 Å². The van der Waals surface area contributed by atoms with Crippen molar-refractivity contribution in [2.45, 2.75) is 4.90 Å². The summed E-state index contributed by atoms with van der Waals surface area (Å²) in [6.07, 6.45) is 1.54. The SMILES string of the molecule is COc1ccc(/C=C(/Sc2ccc([N+](=O)[O-])cc2)C(=O)O)cc1. The molecule has 0 amide bonds. The van der Waals surface area contributed by atoms with Gasteiger partial charge in [-0.15, -0.1) is 0 Å². The number of thioether (sulfide) groups is 1. The fourth-order valence-electron chi connectivity index (χ4n) is 1.75. The molecule has 7 heteroatoms. The molecule has 0 unspecified atom stereocenters. The summed E-state index contributed by atoms with van der Waals surface area (Å²) in [5, 5.41) is 19.9. The number of methoxy groups -OCH3 is 1. The molecule has 2 aromatic rings. The second-order valence-corrected chi connectivity index (χ2v) is 5.56. The maximum Gasteiger partial charge on any atom is 0.342 e. The highest BCUT2D eigenvalue weighted by Gasteiger charge is 2.11. The van der Waals surface area contributed by atoms with Gasteiger partial charge in [0, 0.05) is 17.0 Å². The van der Waals surface area contributed by atoms with Gasteiger partial charge in [-0.05, 0) is 35.9 Å². The maximum atomic E-state index is 11.4. The molecule has 0 aliphatic rings. The van der Waals surface area contributed by atoms with E-state index in [0.29, 0.717) is 10.6 Å². The number of carboxylic acids is 1. The maximum absolute atomic E-state index is 11.4. The van der Waals surface area contributed by atoms with Crippen molar-refractivity contribution in [2.24, 2.45) is 0 Å². The number of ether oxygens (including phenoxy) is 1. The molecule has 2 aromatic carbocycles. The van der Waals surface area contributed by atoms with Gasteiger partial charge in [0.2, 0.25) is 0 Å². The highest BCUT2D eigenvalue weighted by atomic mass is 32.2. The third kappa shape index (κ3) is 4.58. The van der Waals surface area contributed by atoms with Gasteiger partial charge >= 0.3 is 5.97 Å². The molecule has 6 nitrogen and oxygen atoms in total. The molecule has 0 aromatic heterocycles. The molecular weight excluding hydrogens is 318 g/mol. The summed E-state index contributed by atoms with van der Waals surface area (Å²) in [6.45, 7) is 0. The summed E-state index contributed by atoms with van der Waals surface area (Å²) in [5.74, 6) is -0.383. The lowest BCUT2D eigenvalue weighted by atomic mass is 10.2. The first-order valence-electron chi connectivity index (χ1n) is 6.51. The average Bonchev–Trinajstić information content (AvgIpc) is 2.55. The lowest BCUT2D eigenvalue weighted by Gasteiger charge is -2.04. The first kappa shape index (κ1) is 16.6. The summed E-state index contributed by atoms with van der Waals surface area (Å²) in [5.41, 5.74) is 0.683. The molecule has 0 saturated carbocycles. The number of carboxylic acid groups (broad SMARTS) is 1. The van der Waals surface area contributed by atoms with E-state index in [1.807, 2.05) is 0 Å². The Hall–Kier alpha value is -2.80. The van der Waals surface area contributed by atoms with E-state index >= 15 is 0 Å². The molecule has 0 heterocycles. The van der Waals surface area contributed by atoms with E-state index in [0.717, 1.165) is 17.3 Å². The summed E-state index contributed by atoms with van der Waals surface area (Å²) < 4.78 is 5.05. The van der Waals surface area contributed by atoms with Crippen LogP contribution in [-0.2, 0) is 4.79 Å². The Morgan fingerprint density at radius 2 is 1.78 bits per heavy atom. The normalized spacial score (nSPS) is 11.1. The summed E-state index contributed by atoms with van der Waals surface area (Å²) in [6, 6.07) is 12.7. The van der Waals surface area contributed by atoms with Crippen LogP contribution in [0.25, 0.3) is 6.08 Å². The van der Waals surface area contributed by atoms with Crippen molar-refractivity contribution >= 4 is 29.5 Å². The summed E-state index contributed by atoms with van der Waals surface area (Å²) in [7, 11) is 1.55. The highest BCUT2D eigenvalue weighted by molar-refractivity contribution is 8.04. The van der Waals surface area contributed by atoms with E-state index in [1.54, 1.807) is 31.4 Å². The number of aliphatic carboxylic acids is 1. The molecule has 1 N–H and O–H groups in total. The Balaban J connectivity index is 2.22. The van der Waals surface area contributed by atoms with E-state index in [-0.39, 0.29) is 10.6 Å². The molecule has 0 aliphatic heterocycles. The van der Waals surface area contributed by atoms with Crippen molar-refractivity contribution in [3.05, 3.63) is 69.1 Å². The largest absolute Gasteiger partial charge is 0.497 e. The van der Waals surface area contributed by atoms with Crippen LogP contribution >= 0.6 is 11.8 Å². The minimum Gasteiger partial charge on any atom is -0.497 e. The zero-order valence-electron chi connectivity index (χ0n) is 12.1. The molecule has 0 fully saturated rings. The zero-order chi connectivity index (χ0) is 16.8. The van der Waals surface area contributed by atoms with Crippen LogP contribution in [0.2, 0.25) is 0 Å². The van der Waals surface area contributed by atoms with Crippen LogP contribution in [0.15, 0.2) is 58.3 Å². The van der Waals surface area contributed by atoms with Gasteiger partial charge < -0.3 is 9.84 Å². The van der Waals surface area contributed by atoms with Crippen LogP contribution in [-0.4, -0.2) is 23.1 Å². The predicted octanol–water partition coefficient (Wildman–Crippen LogP) is 3.82. The number of rotatable bonds is 6. The van der Waals surface area contributed by atoms with Crippen molar-refractivity contribution in [2.75, 3.05) is 7.11 Å². The number of benzene rings is 2. The second-order valence-electron chi connectivity index (χ2n) is 4.44. The van der Waals surface area contributed by atoms with Gasteiger partial charge in [-0.1, -0.05) is 23.9 Å². The fraction of sp³-hybridized carbons (Fsp3) is 0.0625. The average molecular weight is 331 g/mol. The van der Waals surface area contributed by atoms with Gasteiger partial charge in [-0.3, -0.25) is 10.1 Å². The third-order valence-electron chi connectivity index (χ3n) is 2.90. The third-order valence-corrected chi connectivity index (χ3v) is 3.92. The van der Waals surface area contributed by atoms with Crippen molar-refractivity contribution in [1.29, 1.82) is 0 Å². The van der Waals surface area contributed by atoms with E-state index < -0.39 is 10.9 Å². The number of nitro groups is 1. The smallest absolute Gasteiger partial charge is 0.342 e. The topological polar surface area (TPSA) is 89.7 Å². The minimum atomic E-state index is -1.07. The molecule has 23 heavy (non-hydrogen) atoms. The molecule has 0 atom stereocenters. The van der Waals surface area contributed by atoms with Gasteiger partial charge in [0.05, 0.1) is 16.9 Å². The standard InChI is InChI=1S/C16H13NO5S/c1-22-13-6-2-11(3-7-13)10-15(16(18)19)23-14-8-4-12(5-9-14)17(20)21/h2-10H,1H3,(H,18,19)/b15-10+. The van der Waals surface area contributed by atoms with Gasteiger partial charge in [-0.2, -0.15) is 0 Å². The van der Waals surface area contributed by atoms with Crippen molar-refractivity contribution in [1.82, 2.24) is 0 Å². The molecule has 118 valence electrons. The molecule has 2 rings (SSSR count). The van der Waals surface area contributed by atoms with Crippen molar-refractivity contribution < 1.29 is 19.6 Å². The van der Waals surface area contributed by atoms with Crippen molar-refractivity contribution in [3.63, 3.8) is 0 Å². The molecule has 0 saturated heterocycles. The Morgan fingerprint density at radius 1 is 1.17 bits per heavy atom. The lowest BCUT2D eigenvalue weighted by Crippen LogP contribution is -1.96.